The SMILES string of the molecule is CNC1CCC(NCc2cc(-c3ccccc3)ccc2F)CC1.O=C(O)C(F)(F)F. The van der Waals surface area contributed by atoms with Crippen LogP contribution in [0.1, 0.15) is 31.2 Å². The Labute approximate surface area is 173 Å². The maximum atomic E-state index is 14.1. The van der Waals surface area contributed by atoms with Crippen molar-refractivity contribution in [3.8, 4) is 11.1 Å². The van der Waals surface area contributed by atoms with E-state index < -0.39 is 12.1 Å². The highest BCUT2D eigenvalue weighted by atomic mass is 19.4. The lowest BCUT2D eigenvalue weighted by Gasteiger charge is -2.29. The largest absolute Gasteiger partial charge is 0.490 e. The van der Waals surface area contributed by atoms with Gasteiger partial charge in [0.2, 0.25) is 0 Å². The smallest absolute Gasteiger partial charge is 0.475 e. The van der Waals surface area contributed by atoms with Gasteiger partial charge in [0.25, 0.3) is 0 Å². The van der Waals surface area contributed by atoms with Gasteiger partial charge in [-0.1, -0.05) is 36.4 Å². The van der Waals surface area contributed by atoms with E-state index in [1.54, 1.807) is 6.07 Å². The number of rotatable bonds is 5. The third-order valence-corrected chi connectivity index (χ3v) is 5.11. The number of benzene rings is 2. The number of carbonyl (C=O) groups is 1. The number of nitrogens with one attached hydrogen (secondary N) is 2. The third kappa shape index (κ3) is 7.42. The molecule has 3 rings (SSSR count). The van der Waals surface area contributed by atoms with Crippen LogP contribution in [0.5, 0.6) is 0 Å². The quantitative estimate of drug-likeness (QED) is 0.604. The summed E-state index contributed by atoms with van der Waals surface area (Å²) in [5.41, 5.74) is 2.95. The van der Waals surface area contributed by atoms with Crippen molar-refractivity contribution < 1.29 is 27.5 Å². The second kappa shape index (κ2) is 11.1. The molecule has 0 unspecified atom stereocenters. The summed E-state index contributed by atoms with van der Waals surface area (Å²) in [6.07, 6.45) is -0.377. The fraction of sp³-hybridized carbons (Fsp3) is 0.409. The predicted octanol–water partition coefficient (Wildman–Crippen LogP) is 4.75. The molecule has 0 heterocycles. The minimum absolute atomic E-state index is 0.124. The van der Waals surface area contributed by atoms with Crippen molar-refractivity contribution in [2.75, 3.05) is 7.05 Å². The van der Waals surface area contributed by atoms with Crippen LogP contribution in [0.4, 0.5) is 17.6 Å². The number of hydrogen-bond donors (Lipinski definition) is 3. The molecule has 2 aromatic rings. The van der Waals surface area contributed by atoms with Gasteiger partial charge in [-0.15, -0.1) is 0 Å². The topological polar surface area (TPSA) is 61.4 Å². The molecule has 1 saturated carbocycles. The van der Waals surface area contributed by atoms with E-state index in [1.165, 1.54) is 12.8 Å². The molecule has 4 nitrogen and oxygen atoms in total. The number of halogens is 4. The Morgan fingerprint density at radius 2 is 1.57 bits per heavy atom. The summed E-state index contributed by atoms with van der Waals surface area (Å²) in [5.74, 6) is -2.88. The molecular formula is C22H26F4N2O2. The number of hydrogen-bond acceptors (Lipinski definition) is 3. The second-order valence-corrected chi connectivity index (χ2v) is 7.19. The zero-order valence-electron chi connectivity index (χ0n) is 16.7. The van der Waals surface area contributed by atoms with Crippen LogP contribution in [0, 0.1) is 5.82 Å². The normalized spacial score (nSPS) is 19.0. The summed E-state index contributed by atoms with van der Waals surface area (Å²) in [5, 5.41) is 14.0. The van der Waals surface area contributed by atoms with Gasteiger partial charge in [0.1, 0.15) is 5.82 Å². The zero-order chi connectivity index (χ0) is 22.1. The van der Waals surface area contributed by atoms with Gasteiger partial charge in [-0.25, -0.2) is 9.18 Å². The minimum atomic E-state index is -5.08. The molecule has 2 aromatic carbocycles. The fourth-order valence-electron chi connectivity index (χ4n) is 3.36. The van der Waals surface area contributed by atoms with Gasteiger partial charge in [0, 0.05) is 24.2 Å². The minimum Gasteiger partial charge on any atom is -0.475 e. The van der Waals surface area contributed by atoms with Crippen molar-refractivity contribution in [2.24, 2.45) is 0 Å². The standard InChI is InChI=1S/C20H25FN2.C2HF3O2/c1-22-18-8-10-19(11-9-18)23-14-17-13-16(7-12-20(17)21)15-5-3-2-4-6-15;3-2(4,5)1(6)7/h2-7,12-13,18-19,22-23H,8-11,14H2,1H3;(H,6,7). The first-order valence-corrected chi connectivity index (χ1v) is 9.75. The Morgan fingerprint density at radius 1 is 1.00 bits per heavy atom. The number of carboxylic acids is 1. The van der Waals surface area contributed by atoms with Gasteiger partial charge >= 0.3 is 12.1 Å². The highest BCUT2D eigenvalue weighted by molar-refractivity contribution is 5.73. The molecule has 0 bridgehead atoms. The number of aliphatic carboxylic acids is 1. The van der Waals surface area contributed by atoms with Crippen LogP contribution in [0.3, 0.4) is 0 Å². The monoisotopic (exact) mass is 426 g/mol. The van der Waals surface area contributed by atoms with E-state index in [2.05, 4.69) is 22.8 Å². The average molecular weight is 426 g/mol. The van der Waals surface area contributed by atoms with Crippen LogP contribution in [0.25, 0.3) is 11.1 Å². The molecule has 0 spiro atoms. The Balaban J connectivity index is 0.000000396. The van der Waals surface area contributed by atoms with Crippen molar-refractivity contribution >= 4 is 5.97 Å². The van der Waals surface area contributed by atoms with Crippen molar-refractivity contribution in [1.82, 2.24) is 10.6 Å². The first-order valence-electron chi connectivity index (χ1n) is 9.75. The molecule has 1 aliphatic carbocycles. The van der Waals surface area contributed by atoms with Gasteiger partial charge in [0.05, 0.1) is 0 Å². The Bertz CT molecular complexity index is 805. The molecule has 0 aliphatic heterocycles. The fourth-order valence-corrected chi connectivity index (χ4v) is 3.36. The van der Waals surface area contributed by atoms with Crippen LogP contribution in [0.2, 0.25) is 0 Å². The van der Waals surface area contributed by atoms with E-state index in [9.17, 15) is 17.6 Å². The van der Waals surface area contributed by atoms with Crippen LogP contribution in [-0.2, 0) is 11.3 Å². The van der Waals surface area contributed by atoms with Crippen LogP contribution in [-0.4, -0.2) is 36.4 Å². The number of carboxylic acid groups (broad SMARTS) is 1. The van der Waals surface area contributed by atoms with E-state index >= 15 is 0 Å². The van der Waals surface area contributed by atoms with Crippen LogP contribution in [0.15, 0.2) is 48.5 Å². The molecule has 0 radical (unpaired) electrons. The molecule has 0 aromatic heterocycles. The van der Waals surface area contributed by atoms with Gasteiger partial charge in [-0.2, -0.15) is 13.2 Å². The molecule has 0 atom stereocenters. The van der Waals surface area contributed by atoms with Gasteiger partial charge in [-0.05, 0) is 56.0 Å². The Kier molecular flexibility index (Phi) is 8.80. The third-order valence-electron chi connectivity index (χ3n) is 5.11. The average Bonchev–Trinajstić information content (AvgIpc) is 2.74. The molecule has 30 heavy (non-hydrogen) atoms. The van der Waals surface area contributed by atoms with E-state index in [0.29, 0.717) is 18.6 Å². The molecule has 0 amide bonds. The molecule has 164 valence electrons. The van der Waals surface area contributed by atoms with Crippen molar-refractivity contribution in [2.45, 2.75) is 50.5 Å². The van der Waals surface area contributed by atoms with Crippen LogP contribution >= 0.6 is 0 Å². The van der Waals surface area contributed by atoms with Crippen molar-refractivity contribution in [3.05, 3.63) is 59.9 Å². The molecule has 1 fully saturated rings. The van der Waals surface area contributed by atoms with E-state index in [-0.39, 0.29) is 5.82 Å². The molecular weight excluding hydrogens is 400 g/mol. The van der Waals surface area contributed by atoms with E-state index in [0.717, 1.165) is 29.5 Å². The predicted molar refractivity (Wildman–Crippen MR) is 107 cm³/mol. The maximum Gasteiger partial charge on any atom is 0.490 e. The van der Waals surface area contributed by atoms with Crippen molar-refractivity contribution in [1.29, 1.82) is 0 Å². The lowest BCUT2D eigenvalue weighted by atomic mass is 9.91. The summed E-state index contributed by atoms with van der Waals surface area (Å²) in [4.78, 5) is 8.90. The van der Waals surface area contributed by atoms with Gasteiger partial charge in [-0.3, -0.25) is 0 Å². The molecule has 1 aliphatic rings. The van der Waals surface area contributed by atoms with E-state index in [1.807, 2.05) is 37.4 Å². The summed E-state index contributed by atoms with van der Waals surface area (Å²) < 4.78 is 45.8. The van der Waals surface area contributed by atoms with E-state index in [4.69, 9.17) is 9.90 Å². The molecule has 8 heteroatoms. The highest BCUT2D eigenvalue weighted by Crippen LogP contribution is 2.23. The lowest BCUT2D eigenvalue weighted by Crippen LogP contribution is -2.38. The second-order valence-electron chi connectivity index (χ2n) is 7.19. The van der Waals surface area contributed by atoms with Gasteiger partial charge < -0.3 is 15.7 Å². The summed E-state index contributed by atoms with van der Waals surface area (Å²) in [7, 11) is 2.03. The Morgan fingerprint density at radius 3 is 2.10 bits per heavy atom. The van der Waals surface area contributed by atoms with Crippen molar-refractivity contribution in [3.63, 3.8) is 0 Å². The lowest BCUT2D eigenvalue weighted by molar-refractivity contribution is -0.192. The summed E-state index contributed by atoms with van der Waals surface area (Å²) in [6.45, 7) is 0.599. The number of alkyl halides is 3. The molecule has 3 N–H and O–H groups in total. The molecule has 0 saturated heterocycles. The first kappa shape index (κ1) is 23.8. The summed E-state index contributed by atoms with van der Waals surface area (Å²) in [6, 6.07) is 16.7. The first-order chi connectivity index (χ1) is 14.2. The van der Waals surface area contributed by atoms with Crippen LogP contribution < -0.4 is 10.6 Å². The summed E-state index contributed by atoms with van der Waals surface area (Å²) >= 11 is 0. The Hall–Kier alpha value is -2.45. The zero-order valence-corrected chi connectivity index (χ0v) is 16.7. The van der Waals surface area contributed by atoms with Gasteiger partial charge in [0.15, 0.2) is 0 Å². The highest BCUT2D eigenvalue weighted by Gasteiger charge is 2.38. The maximum absolute atomic E-state index is 14.1.